The predicted molar refractivity (Wildman–Crippen MR) is 48.0 cm³/mol. The summed E-state index contributed by atoms with van der Waals surface area (Å²) in [5, 5.41) is 0. The monoisotopic (exact) mass is 360 g/mol. The van der Waals surface area contributed by atoms with E-state index < -0.39 is 0 Å². The third-order valence-electron chi connectivity index (χ3n) is 1.97. The molecule has 2 heteroatoms. The molecule has 0 bridgehead atoms. The van der Waals surface area contributed by atoms with Crippen LogP contribution in [0, 0.1) is 6.42 Å². The second kappa shape index (κ2) is 6.83. The van der Waals surface area contributed by atoms with Gasteiger partial charge < -0.3 is 24.0 Å². The molecule has 0 unspecified atom stereocenters. The zero-order valence-electron chi connectivity index (χ0n) is 7.33. The van der Waals surface area contributed by atoms with Gasteiger partial charge in [-0.2, -0.15) is 29.7 Å². The largest absolute Gasteiger partial charge is 2.00 e. The van der Waals surface area contributed by atoms with Gasteiger partial charge in [-0.15, -0.1) is 12.2 Å². The molecule has 13 heavy (non-hydrogen) atoms. The molecule has 0 N–H and O–H groups in total. The van der Waals surface area contributed by atoms with Gasteiger partial charge in [0.25, 0.3) is 0 Å². The van der Waals surface area contributed by atoms with Gasteiger partial charge in [0.1, 0.15) is 0 Å². The van der Waals surface area contributed by atoms with Crippen LogP contribution in [0.4, 0.5) is 0 Å². The maximum atomic E-state index is 2.28. The Morgan fingerprint density at radius 1 is 0.923 bits per heavy atom. The number of halogens is 1. The third-order valence-corrected chi connectivity index (χ3v) is 1.97. The van der Waals surface area contributed by atoms with Gasteiger partial charge in [0.15, 0.2) is 0 Å². The Balaban J connectivity index is 0.000000720. The van der Waals surface area contributed by atoms with Gasteiger partial charge in [-0.3, -0.25) is 0 Å². The Labute approximate surface area is 116 Å². The molecule has 0 aromatic heterocycles. The Bertz CT molecular complexity index is 244. The minimum atomic E-state index is 0. The Kier molecular flexibility index (Phi) is 7.06. The summed E-state index contributed by atoms with van der Waals surface area (Å²) in [5.41, 5.74) is 2.86. The first-order valence-electron chi connectivity index (χ1n) is 4.01. The maximum Gasteiger partial charge on any atom is 2.00 e. The quantitative estimate of drug-likeness (QED) is 0.479. The first-order chi connectivity index (χ1) is 5.45. The van der Waals surface area contributed by atoms with Gasteiger partial charge in [0, 0.05) is 0 Å². The fourth-order valence-corrected chi connectivity index (χ4v) is 1.38. The molecule has 0 nitrogen and oxygen atoms in total. The zero-order valence-corrected chi connectivity index (χ0v) is 11.9. The van der Waals surface area contributed by atoms with Crippen LogP contribution in [-0.2, 0) is 26.2 Å². The van der Waals surface area contributed by atoms with Crippen molar-refractivity contribution in [2.75, 3.05) is 0 Å². The number of allylic oxidation sites excluding steroid dienone is 8. The van der Waals surface area contributed by atoms with Gasteiger partial charge in [-0.25, -0.2) is 0 Å². The molecule has 0 aliphatic heterocycles. The standard InChI is InChI=1S/C11H11.HI.Zr/c1-2-6-10(5-1)9-11-7-3-4-8-11;;/h1-5,7,9H,6,8H2;1H;/q-1;;+2/p-1. The van der Waals surface area contributed by atoms with Crippen LogP contribution in [0.15, 0.2) is 47.6 Å². The number of hydrogen-bond acceptors (Lipinski definition) is 0. The Morgan fingerprint density at radius 3 is 1.69 bits per heavy atom. The van der Waals surface area contributed by atoms with Crippen molar-refractivity contribution >= 4 is 0 Å². The number of hydrogen-bond donors (Lipinski definition) is 0. The predicted octanol–water partition coefficient (Wildman–Crippen LogP) is -0.0352. The second-order valence-electron chi connectivity index (χ2n) is 2.89. The molecule has 0 heterocycles. The van der Waals surface area contributed by atoms with Crippen LogP contribution < -0.4 is 24.0 Å². The molecule has 2 aliphatic rings. The van der Waals surface area contributed by atoms with Crippen molar-refractivity contribution in [2.24, 2.45) is 0 Å². The van der Waals surface area contributed by atoms with Crippen LogP contribution in [0.3, 0.4) is 0 Å². The van der Waals surface area contributed by atoms with Crippen LogP contribution in [0.1, 0.15) is 12.8 Å². The Morgan fingerprint density at radius 2 is 1.38 bits per heavy atom. The smallest absolute Gasteiger partial charge is 1.00 e. The maximum absolute atomic E-state index is 2.28. The molecule has 0 amide bonds. The summed E-state index contributed by atoms with van der Waals surface area (Å²) in [4.78, 5) is 0. The van der Waals surface area contributed by atoms with E-state index in [0.717, 1.165) is 12.8 Å². The molecular formula is C11H11IZr. The average Bonchev–Trinajstić information content (AvgIpc) is 2.60. The van der Waals surface area contributed by atoms with E-state index in [1.165, 1.54) is 11.1 Å². The SMILES string of the molecule is C1=CCC([CH-]C2=CC=CC2)=C1.[I-].[Zr+2]. The van der Waals surface area contributed by atoms with Crippen molar-refractivity contribution in [1.29, 1.82) is 0 Å². The fourth-order valence-electron chi connectivity index (χ4n) is 1.38. The summed E-state index contributed by atoms with van der Waals surface area (Å²) < 4.78 is 0. The van der Waals surface area contributed by atoms with Gasteiger partial charge in [0.05, 0.1) is 0 Å². The first kappa shape index (κ1) is 13.4. The van der Waals surface area contributed by atoms with Crippen LogP contribution in [-0.4, -0.2) is 0 Å². The van der Waals surface area contributed by atoms with E-state index in [1.54, 1.807) is 0 Å². The van der Waals surface area contributed by atoms with Gasteiger partial charge in [-0.1, -0.05) is 12.2 Å². The van der Waals surface area contributed by atoms with Crippen molar-refractivity contribution in [2.45, 2.75) is 12.8 Å². The van der Waals surface area contributed by atoms with E-state index in [-0.39, 0.29) is 50.2 Å². The van der Waals surface area contributed by atoms with Crippen molar-refractivity contribution < 1.29 is 50.2 Å². The van der Waals surface area contributed by atoms with Crippen molar-refractivity contribution in [3.63, 3.8) is 0 Å². The van der Waals surface area contributed by atoms with Gasteiger partial charge in [-0.05, 0) is 12.8 Å². The topological polar surface area (TPSA) is 0 Å². The minimum absolute atomic E-state index is 0. The molecule has 0 fully saturated rings. The summed E-state index contributed by atoms with van der Waals surface area (Å²) in [6.45, 7) is 0. The normalized spacial score (nSPS) is 17.2. The van der Waals surface area contributed by atoms with E-state index >= 15 is 0 Å². The van der Waals surface area contributed by atoms with Crippen LogP contribution in [0.25, 0.3) is 0 Å². The zero-order chi connectivity index (χ0) is 7.52. The van der Waals surface area contributed by atoms with Crippen molar-refractivity contribution in [3.8, 4) is 0 Å². The third kappa shape index (κ3) is 3.99. The molecule has 0 saturated heterocycles. The molecule has 0 aromatic carbocycles. The van der Waals surface area contributed by atoms with Crippen LogP contribution in [0.5, 0.6) is 0 Å². The van der Waals surface area contributed by atoms with E-state index in [4.69, 9.17) is 0 Å². The summed E-state index contributed by atoms with van der Waals surface area (Å²) in [6.07, 6.45) is 17.5. The van der Waals surface area contributed by atoms with E-state index in [9.17, 15) is 0 Å². The molecule has 66 valence electrons. The van der Waals surface area contributed by atoms with E-state index in [0.29, 0.717) is 0 Å². The summed E-state index contributed by atoms with van der Waals surface area (Å²) in [6, 6.07) is 0. The van der Waals surface area contributed by atoms with Crippen molar-refractivity contribution in [3.05, 3.63) is 54.0 Å². The molecule has 0 saturated carbocycles. The van der Waals surface area contributed by atoms with Crippen molar-refractivity contribution in [1.82, 2.24) is 0 Å². The molecule has 0 atom stereocenters. The molecular weight excluding hydrogens is 350 g/mol. The summed E-state index contributed by atoms with van der Waals surface area (Å²) >= 11 is 0. The number of rotatable bonds is 2. The molecule has 2 rings (SSSR count). The summed E-state index contributed by atoms with van der Waals surface area (Å²) in [5.74, 6) is 0. The molecule has 0 aromatic rings. The van der Waals surface area contributed by atoms with E-state index in [1.807, 2.05) is 0 Å². The summed E-state index contributed by atoms with van der Waals surface area (Å²) in [7, 11) is 0. The van der Waals surface area contributed by atoms with Gasteiger partial charge >= 0.3 is 26.2 Å². The Hall–Kier alpha value is 0.443. The van der Waals surface area contributed by atoms with Crippen LogP contribution in [0.2, 0.25) is 0 Å². The average molecular weight is 361 g/mol. The molecule has 0 spiro atoms. The molecule has 0 radical (unpaired) electrons. The van der Waals surface area contributed by atoms with E-state index in [2.05, 4.69) is 42.9 Å². The van der Waals surface area contributed by atoms with Crippen LogP contribution >= 0.6 is 0 Å². The molecule has 2 aliphatic carbocycles. The fraction of sp³-hybridized carbons (Fsp3) is 0.182. The first-order valence-corrected chi connectivity index (χ1v) is 4.01. The van der Waals surface area contributed by atoms with Gasteiger partial charge in [0.2, 0.25) is 0 Å². The minimum Gasteiger partial charge on any atom is -1.00 e. The second-order valence-corrected chi connectivity index (χ2v) is 2.89.